The molecule has 0 spiro atoms. The molecule has 0 aliphatic heterocycles. The van der Waals surface area contributed by atoms with Crippen LogP contribution >= 0.6 is 0 Å². The number of sulfonamides is 1. The van der Waals surface area contributed by atoms with Gasteiger partial charge in [-0.15, -0.1) is 0 Å². The molecule has 0 aromatic heterocycles. The number of benzene rings is 3. The van der Waals surface area contributed by atoms with Gasteiger partial charge in [0.05, 0.1) is 16.7 Å². The van der Waals surface area contributed by atoms with Gasteiger partial charge in [-0.05, 0) is 55.8 Å². The van der Waals surface area contributed by atoms with Crippen LogP contribution in [0, 0.1) is 5.82 Å². The van der Waals surface area contributed by atoms with Crippen LogP contribution in [0.25, 0.3) is 0 Å². The fourth-order valence-electron chi connectivity index (χ4n) is 3.06. The molecule has 0 atom stereocenters. The Labute approximate surface area is 187 Å². The minimum absolute atomic E-state index is 0.0114. The molecule has 0 fully saturated rings. The minimum atomic E-state index is -4.16. The fraction of sp³-hybridized carbons (Fsp3) is 0.208. The van der Waals surface area contributed by atoms with Crippen molar-refractivity contribution < 1.29 is 22.3 Å². The molecule has 0 heterocycles. The zero-order chi connectivity index (χ0) is 23.1. The summed E-state index contributed by atoms with van der Waals surface area (Å²) in [5, 5.41) is 2.70. The van der Waals surface area contributed by atoms with E-state index in [2.05, 4.69) is 5.32 Å². The van der Waals surface area contributed by atoms with Gasteiger partial charge in [0.25, 0.3) is 10.0 Å². The maximum atomic E-state index is 14.5. The first-order chi connectivity index (χ1) is 15.3. The van der Waals surface area contributed by atoms with E-state index in [1.54, 1.807) is 24.3 Å². The SMILES string of the molecule is CC(C)Oc1cccc(CNC(=O)CN(c2ccccc2F)S(=O)(=O)c2ccccc2)c1. The Morgan fingerprint density at radius 1 is 1.00 bits per heavy atom. The summed E-state index contributed by atoms with van der Waals surface area (Å²) in [5.74, 6) is -0.632. The van der Waals surface area contributed by atoms with Gasteiger partial charge < -0.3 is 10.1 Å². The van der Waals surface area contributed by atoms with Gasteiger partial charge in [-0.3, -0.25) is 9.10 Å². The number of carbonyl (C=O) groups excluding carboxylic acids is 1. The summed E-state index contributed by atoms with van der Waals surface area (Å²) in [7, 11) is -4.16. The third-order valence-electron chi connectivity index (χ3n) is 4.50. The van der Waals surface area contributed by atoms with Crippen molar-refractivity contribution in [3.8, 4) is 5.75 Å². The second kappa shape index (κ2) is 10.3. The Balaban J connectivity index is 1.80. The lowest BCUT2D eigenvalue weighted by Gasteiger charge is -2.24. The van der Waals surface area contributed by atoms with Crippen LogP contribution in [0.3, 0.4) is 0 Å². The van der Waals surface area contributed by atoms with Gasteiger partial charge >= 0.3 is 0 Å². The first kappa shape index (κ1) is 23.3. The van der Waals surface area contributed by atoms with Crippen LogP contribution in [-0.4, -0.2) is 27.0 Å². The van der Waals surface area contributed by atoms with Crippen LogP contribution in [0.2, 0.25) is 0 Å². The van der Waals surface area contributed by atoms with Crippen molar-refractivity contribution in [1.82, 2.24) is 5.32 Å². The normalized spacial score (nSPS) is 11.2. The number of ether oxygens (including phenoxy) is 1. The van der Waals surface area contributed by atoms with Gasteiger partial charge in [-0.1, -0.05) is 42.5 Å². The molecule has 32 heavy (non-hydrogen) atoms. The Hall–Kier alpha value is -3.39. The van der Waals surface area contributed by atoms with Crippen LogP contribution in [0.15, 0.2) is 83.8 Å². The molecule has 3 rings (SSSR count). The van der Waals surface area contributed by atoms with E-state index in [1.165, 1.54) is 30.3 Å². The average molecular weight is 457 g/mol. The average Bonchev–Trinajstić information content (AvgIpc) is 2.77. The molecule has 1 amide bonds. The van der Waals surface area contributed by atoms with Crippen molar-refractivity contribution in [2.75, 3.05) is 10.8 Å². The third kappa shape index (κ3) is 5.85. The first-order valence-electron chi connectivity index (χ1n) is 10.1. The van der Waals surface area contributed by atoms with Gasteiger partial charge in [0.1, 0.15) is 18.1 Å². The fourth-order valence-corrected chi connectivity index (χ4v) is 4.51. The van der Waals surface area contributed by atoms with Gasteiger partial charge in [0.2, 0.25) is 5.91 Å². The number of carbonyl (C=O) groups is 1. The summed E-state index contributed by atoms with van der Waals surface area (Å²) < 4.78 is 47.3. The van der Waals surface area contributed by atoms with Crippen molar-refractivity contribution in [1.29, 1.82) is 0 Å². The quantitative estimate of drug-likeness (QED) is 0.526. The topological polar surface area (TPSA) is 75.7 Å². The van der Waals surface area contributed by atoms with Crippen LogP contribution in [-0.2, 0) is 21.4 Å². The summed E-state index contributed by atoms with van der Waals surface area (Å²) in [6.07, 6.45) is 0.0114. The second-order valence-corrected chi connectivity index (χ2v) is 9.23. The van der Waals surface area contributed by atoms with Crippen LogP contribution in [0.5, 0.6) is 5.75 Å². The number of nitrogens with zero attached hydrogens (tertiary/aromatic N) is 1. The summed E-state index contributed by atoms with van der Waals surface area (Å²) in [6, 6.07) is 20.3. The molecule has 0 aliphatic carbocycles. The maximum Gasteiger partial charge on any atom is 0.264 e. The molecule has 0 saturated carbocycles. The zero-order valence-electron chi connectivity index (χ0n) is 17.9. The summed E-state index contributed by atoms with van der Waals surface area (Å²) in [6.45, 7) is 3.43. The molecule has 8 heteroatoms. The lowest BCUT2D eigenvalue weighted by atomic mass is 10.2. The Morgan fingerprint density at radius 3 is 2.38 bits per heavy atom. The molecule has 0 aliphatic rings. The van der Waals surface area contributed by atoms with Crippen molar-refractivity contribution in [3.63, 3.8) is 0 Å². The molecular formula is C24H25FN2O4S. The number of hydrogen-bond donors (Lipinski definition) is 1. The number of nitrogens with one attached hydrogen (secondary N) is 1. The molecule has 1 N–H and O–H groups in total. The molecular weight excluding hydrogens is 431 g/mol. The molecule has 6 nitrogen and oxygen atoms in total. The number of halogens is 1. The first-order valence-corrected chi connectivity index (χ1v) is 11.6. The summed E-state index contributed by atoms with van der Waals surface area (Å²) in [5.41, 5.74) is 0.596. The van der Waals surface area contributed by atoms with E-state index in [1.807, 2.05) is 32.0 Å². The summed E-state index contributed by atoms with van der Waals surface area (Å²) in [4.78, 5) is 12.6. The Morgan fingerprint density at radius 2 is 1.69 bits per heavy atom. The van der Waals surface area contributed by atoms with E-state index in [9.17, 15) is 17.6 Å². The second-order valence-electron chi connectivity index (χ2n) is 7.37. The maximum absolute atomic E-state index is 14.5. The van der Waals surface area contributed by atoms with Gasteiger partial charge in [-0.2, -0.15) is 0 Å². The highest BCUT2D eigenvalue weighted by molar-refractivity contribution is 7.92. The number of hydrogen-bond acceptors (Lipinski definition) is 4. The van der Waals surface area contributed by atoms with E-state index >= 15 is 0 Å². The molecule has 168 valence electrons. The molecule has 3 aromatic carbocycles. The highest BCUT2D eigenvalue weighted by Crippen LogP contribution is 2.26. The summed E-state index contributed by atoms with van der Waals surface area (Å²) >= 11 is 0. The van der Waals surface area contributed by atoms with E-state index in [0.29, 0.717) is 5.75 Å². The Bertz CT molecular complexity index is 1170. The molecule has 0 unspecified atom stereocenters. The van der Waals surface area contributed by atoms with E-state index in [-0.39, 0.29) is 23.2 Å². The molecule has 0 radical (unpaired) electrons. The smallest absolute Gasteiger partial charge is 0.264 e. The van der Waals surface area contributed by atoms with Crippen LogP contribution < -0.4 is 14.4 Å². The predicted octanol–water partition coefficient (Wildman–Crippen LogP) is 4.12. The minimum Gasteiger partial charge on any atom is -0.491 e. The standard InChI is InChI=1S/C24H25FN2O4S/c1-18(2)31-20-10-8-9-19(15-20)16-26-24(28)17-27(23-14-7-6-13-22(23)25)32(29,30)21-11-4-3-5-12-21/h3-15,18H,16-17H2,1-2H3,(H,26,28). The monoisotopic (exact) mass is 456 g/mol. The van der Waals surface area contributed by atoms with E-state index in [4.69, 9.17) is 4.74 Å². The van der Waals surface area contributed by atoms with Crippen molar-refractivity contribution >= 4 is 21.6 Å². The highest BCUT2D eigenvalue weighted by Gasteiger charge is 2.28. The van der Waals surface area contributed by atoms with Crippen LogP contribution in [0.4, 0.5) is 10.1 Å². The van der Waals surface area contributed by atoms with Crippen molar-refractivity contribution in [2.45, 2.75) is 31.4 Å². The number of anilines is 1. The largest absolute Gasteiger partial charge is 0.491 e. The molecule has 0 saturated heterocycles. The number of para-hydroxylation sites is 1. The van der Waals surface area contributed by atoms with Gasteiger partial charge in [0, 0.05) is 6.54 Å². The van der Waals surface area contributed by atoms with E-state index in [0.717, 1.165) is 15.9 Å². The van der Waals surface area contributed by atoms with Crippen LogP contribution in [0.1, 0.15) is 19.4 Å². The van der Waals surface area contributed by atoms with Gasteiger partial charge in [0.15, 0.2) is 0 Å². The lowest BCUT2D eigenvalue weighted by Crippen LogP contribution is -2.41. The number of amides is 1. The zero-order valence-corrected chi connectivity index (χ0v) is 18.7. The highest BCUT2D eigenvalue weighted by atomic mass is 32.2. The molecule has 3 aromatic rings. The van der Waals surface area contributed by atoms with Crippen molar-refractivity contribution in [2.24, 2.45) is 0 Å². The number of rotatable bonds is 9. The predicted molar refractivity (Wildman–Crippen MR) is 121 cm³/mol. The van der Waals surface area contributed by atoms with Crippen molar-refractivity contribution in [3.05, 3.63) is 90.2 Å². The Kier molecular flexibility index (Phi) is 7.48. The van der Waals surface area contributed by atoms with E-state index < -0.39 is 28.3 Å². The third-order valence-corrected chi connectivity index (χ3v) is 6.27. The lowest BCUT2D eigenvalue weighted by molar-refractivity contribution is -0.119. The molecule has 0 bridgehead atoms. The van der Waals surface area contributed by atoms with Gasteiger partial charge in [-0.25, -0.2) is 12.8 Å².